The van der Waals surface area contributed by atoms with E-state index in [1.165, 1.54) is 31.2 Å². The number of aromatic nitrogens is 1. The molecule has 1 aliphatic rings. The Morgan fingerprint density at radius 2 is 1.95 bits per heavy atom. The van der Waals surface area contributed by atoms with E-state index >= 15 is 0 Å². The molecule has 2 rings (SSSR count). The molecule has 1 aromatic heterocycles. The third-order valence-electron chi connectivity index (χ3n) is 3.59. The Kier molecular flexibility index (Phi) is 5.54. The highest BCUT2D eigenvalue weighted by Crippen LogP contribution is 2.17. The van der Waals surface area contributed by atoms with Crippen LogP contribution >= 0.6 is 0 Å². The lowest BCUT2D eigenvalue weighted by Crippen LogP contribution is -2.37. The first-order valence-corrected chi connectivity index (χ1v) is 7.31. The highest BCUT2D eigenvalue weighted by atomic mass is 16.5. The maximum absolute atomic E-state index is 11.8. The second kappa shape index (κ2) is 7.61. The highest BCUT2D eigenvalue weighted by molar-refractivity contribution is 5.90. The summed E-state index contributed by atoms with van der Waals surface area (Å²) in [5.74, 6) is -1.10. The van der Waals surface area contributed by atoms with E-state index < -0.39 is 11.5 Å². The van der Waals surface area contributed by atoms with E-state index in [-0.39, 0.29) is 24.1 Å². The van der Waals surface area contributed by atoms with Gasteiger partial charge in [0.2, 0.25) is 0 Å². The van der Waals surface area contributed by atoms with Gasteiger partial charge in [-0.3, -0.25) is 9.59 Å². The average Bonchev–Trinajstić information content (AvgIpc) is 2.74. The zero-order chi connectivity index (χ0) is 15.1. The molecule has 2 N–H and O–H groups in total. The van der Waals surface area contributed by atoms with Gasteiger partial charge in [-0.1, -0.05) is 25.7 Å². The number of hydrogen-bond donors (Lipinski definition) is 2. The summed E-state index contributed by atoms with van der Waals surface area (Å²) in [6.07, 6.45) is 8.01. The Morgan fingerprint density at radius 1 is 1.24 bits per heavy atom. The number of pyridine rings is 1. The van der Waals surface area contributed by atoms with E-state index in [2.05, 4.69) is 10.3 Å². The first kappa shape index (κ1) is 15.3. The molecule has 0 atom stereocenters. The largest absolute Gasteiger partial charge is 0.452 e. The van der Waals surface area contributed by atoms with Gasteiger partial charge in [-0.05, 0) is 25.0 Å². The zero-order valence-corrected chi connectivity index (χ0v) is 11.9. The zero-order valence-electron chi connectivity index (χ0n) is 11.9. The predicted octanol–water partition coefficient (Wildman–Crippen LogP) is 1.37. The fourth-order valence-corrected chi connectivity index (χ4v) is 2.48. The molecule has 0 aliphatic heterocycles. The standard InChI is InChI=1S/C15H20N2O4/c18-13(17-11-6-3-1-2-4-7-11)10-21-15(20)12-8-5-9-16-14(12)19/h5,8-9,11H,1-4,6-7,10H2,(H,16,19)(H,17,18). The molecule has 1 amide bonds. The van der Waals surface area contributed by atoms with Gasteiger partial charge >= 0.3 is 5.97 Å². The molecule has 0 aromatic carbocycles. The van der Waals surface area contributed by atoms with Crippen LogP contribution in [0.5, 0.6) is 0 Å². The molecule has 21 heavy (non-hydrogen) atoms. The van der Waals surface area contributed by atoms with Gasteiger partial charge in [0.1, 0.15) is 5.56 Å². The molecule has 1 saturated carbocycles. The molecule has 0 radical (unpaired) electrons. The molecule has 0 bridgehead atoms. The molecular formula is C15H20N2O4. The van der Waals surface area contributed by atoms with Crippen LogP contribution in [0.4, 0.5) is 0 Å². The normalized spacial score (nSPS) is 16.0. The highest BCUT2D eigenvalue weighted by Gasteiger charge is 2.17. The fraction of sp³-hybridized carbons (Fsp3) is 0.533. The summed E-state index contributed by atoms with van der Waals surface area (Å²) >= 11 is 0. The minimum Gasteiger partial charge on any atom is -0.452 e. The average molecular weight is 292 g/mol. The van der Waals surface area contributed by atoms with Gasteiger partial charge in [0, 0.05) is 12.2 Å². The van der Waals surface area contributed by atoms with Gasteiger partial charge < -0.3 is 15.0 Å². The maximum Gasteiger partial charge on any atom is 0.344 e. The molecule has 1 fully saturated rings. The van der Waals surface area contributed by atoms with Crippen LogP contribution in [0.25, 0.3) is 0 Å². The second-order valence-electron chi connectivity index (χ2n) is 5.25. The van der Waals surface area contributed by atoms with Crippen LogP contribution in [-0.2, 0) is 9.53 Å². The third kappa shape index (κ3) is 4.73. The Morgan fingerprint density at radius 3 is 2.62 bits per heavy atom. The van der Waals surface area contributed by atoms with E-state index in [1.54, 1.807) is 0 Å². The number of ether oxygens (including phenoxy) is 1. The molecule has 0 unspecified atom stereocenters. The quantitative estimate of drug-likeness (QED) is 0.648. The fourth-order valence-electron chi connectivity index (χ4n) is 2.48. The van der Waals surface area contributed by atoms with Crippen molar-refractivity contribution in [2.24, 2.45) is 0 Å². The van der Waals surface area contributed by atoms with Gasteiger partial charge in [0.05, 0.1) is 0 Å². The molecule has 1 aromatic rings. The van der Waals surface area contributed by atoms with Crippen LogP contribution in [0.2, 0.25) is 0 Å². The van der Waals surface area contributed by atoms with Gasteiger partial charge in [-0.25, -0.2) is 4.79 Å². The first-order valence-electron chi connectivity index (χ1n) is 7.31. The Bertz CT molecular complexity index is 545. The van der Waals surface area contributed by atoms with Gasteiger partial charge in [-0.2, -0.15) is 0 Å². The number of carbonyl (C=O) groups excluding carboxylic acids is 2. The number of amides is 1. The second-order valence-corrected chi connectivity index (χ2v) is 5.25. The van der Waals surface area contributed by atoms with E-state index in [1.807, 2.05) is 0 Å². The van der Waals surface area contributed by atoms with Crippen LogP contribution in [0.15, 0.2) is 23.1 Å². The minimum atomic E-state index is -0.784. The maximum atomic E-state index is 11.8. The number of H-pyrrole nitrogens is 1. The number of nitrogens with one attached hydrogen (secondary N) is 2. The molecule has 0 spiro atoms. The van der Waals surface area contributed by atoms with Crippen molar-refractivity contribution in [3.63, 3.8) is 0 Å². The number of carbonyl (C=O) groups is 2. The van der Waals surface area contributed by atoms with Crippen LogP contribution in [0.1, 0.15) is 48.9 Å². The van der Waals surface area contributed by atoms with Gasteiger partial charge in [0.15, 0.2) is 6.61 Å². The molecule has 0 saturated heterocycles. The molecule has 1 heterocycles. The lowest BCUT2D eigenvalue weighted by molar-refractivity contribution is -0.125. The van der Waals surface area contributed by atoms with E-state index in [0.717, 1.165) is 25.7 Å². The third-order valence-corrected chi connectivity index (χ3v) is 3.59. The molecule has 6 nitrogen and oxygen atoms in total. The topological polar surface area (TPSA) is 88.3 Å². The van der Waals surface area contributed by atoms with Crippen molar-refractivity contribution in [1.82, 2.24) is 10.3 Å². The van der Waals surface area contributed by atoms with Crippen molar-refractivity contribution >= 4 is 11.9 Å². The van der Waals surface area contributed by atoms with Gasteiger partial charge in [0.25, 0.3) is 11.5 Å². The summed E-state index contributed by atoms with van der Waals surface area (Å²) in [5.41, 5.74) is -0.619. The summed E-state index contributed by atoms with van der Waals surface area (Å²) in [6.45, 7) is -0.357. The Balaban J connectivity index is 1.79. The van der Waals surface area contributed by atoms with E-state index in [4.69, 9.17) is 4.74 Å². The molecule has 6 heteroatoms. The number of esters is 1. The lowest BCUT2D eigenvalue weighted by atomic mass is 10.1. The SMILES string of the molecule is O=C(COC(=O)c1ccc[nH]c1=O)NC1CCCCCC1. The van der Waals surface area contributed by atoms with Crippen molar-refractivity contribution in [3.8, 4) is 0 Å². The summed E-state index contributed by atoms with van der Waals surface area (Å²) in [7, 11) is 0. The monoisotopic (exact) mass is 292 g/mol. The van der Waals surface area contributed by atoms with Crippen molar-refractivity contribution in [2.75, 3.05) is 6.61 Å². The van der Waals surface area contributed by atoms with Crippen LogP contribution in [0.3, 0.4) is 0 Å². The van der Waals surface area contributed by atoms with Crippen molar-refractivity contribution in [1.29, 1.82) is 0 Å². The van der Waals surface area contributed by atoms with Crippen molar-refractivity contribution < 1.29 is 14.3 Å². The van der Waals surface area contributed by atoms with Crippen LogP contribution < -0.4 is 10.9 Å². The molecular weight excluding hydrogens is 272 g/mol. The summed E-state index contributed by atoms with van der Waals surface area (Å²) in [4.78, 5) is 37.3. The predicted molar refractivity (Wildman–Crippen MR) is 77.0 cm³/mol. The summed E-state index contributed by atoms with van der Waals surface area (Å²) in [6, 6.07) is 3.06. The number of aromatic amines is 1. The Hall–Kier alpha value is -2.11. The minimum absolute atomic E-state index is 0.0974. The van der Waals surface area contributed by atoms with E-state index in [0.29, 0.717) is 0 Å². The van der Waals surface area contributed by atoms with Crippen LogP contribution in [-0.4, -0.2) is 29.5 Å². The summed E-state index contributed by atoms with van der Waals surface area (Å²) in [5, 5.41) is 2.88. The molecule has 1 aliphatic carbocycles. The van der Waals surface area contributed by atoms with Crippen molar-refractivity contribution in [2.45, 2.75) is 44.6 Å². The molecule has 114 valence electrons. The van der Waals surface area contributed by atoms with Crippen LogP contribution in [0, 0.1) is 0 Å². The number of hydrogen-bond acceptors (Lipinski definition) is 4. The van der Waals surface area contributed by atoms with Crippen molar-refractivity contribution in [3.05, 3.63) is 34.2 Å². The van der Waals surface area contributed by atoms with Gasteiger partial charge in [-0.15, -0.1) is 0 Å². The van der Waals surface area contributed by atoms with E-state index in [9.17, 15) is 14.4 Å². The Labute approximate surface area is 122 Å². The summed E-state index contributed by atoms with van der Waals surface area (Å²) < 4.78 is 4.87. The first-order chi connectivity index (χ1) is 10.2. The smallest absolute Gasteiger partial charge is 0.344 e. The number of rotatable bonds is 4. The lowest BCUT2D eigenvalue weighted by Gasteiger charge is -2.16.